The Kier molecular flexibility index (Phi) is 4.89. The van der Waals surface area contributed by atoms with Crippen LogP contribution < -0.4 is 0 Å². The minimum Gasteiger partial charge on any atom is -0.293 e. The van der Waals surface area contributed by atoms with Gasteiger partial charge in [0.1, 0.15) is 5.01 Å². The van der Waals surface area contributed by atoms with Crippen molar-refractivity contribution in [1.29, 1.82) is 5.26 Å². The molecule has 2 aromatic rings. The molecule has 106 valence electrons. The van der Waals surface area contributed by atoms with E-state index in [0.29, 0.717) is 10.0 Å². The average Bonchev–Trinajstić information content (AvgIpc) is 2.86. The lowest BCUT2D eigenvalue weighted by atomic mass is 10.0. The molecule has 5 heteroatoms. The molecule has 0 saturated carbocycles. The molecule has 0 saturated heterocycles. The number of benzene rings is 1. The Balaban J connectivity index is 2.29. The van der Waals surface area contributed by atoms with E-state index in [1.54, 1.807) is 13.0 Å². The molecule has 1 atom stereocenters. The average molecular weight is 317 g/mol. The predicted molar refractivity (Wildman–Crippen MR) is 85.3 cm³/mol. The minimum absolute atomic E-state index is 0.274. The van der Waals surface area contributed by atoms with E-state index in [9.17, 15) is 10.1 Å². The quantitative estimate of drug-likeness (QED) is 0.786. The van der Waals surface area contributed by atoms with Crippen molar-refractivity contribution in [3.63, 3.8) is 0 Å². The van der Waals surface area contributed by atoms with Crippen LogP contribution in [0.3, 0.4) is 0 Å². The molecule has 0 aliphatic carbocycles. The molecule has 1 aromatic heterocycles. The fourth-order valence-electron chi connectivity index (χ4n) is 1.90. The fraction of sp³-hybridized carbons (Fsp3) is 0.188. The summed E-state index contributed by atoms with van der Waals surface area (Å²) < 4.78 is 0. The number of carbonyl (C=O) groups is 1. The van der Waals surface area contributed by atoms with Crippen LogP contribution in [0.2, 0.25) is 5.02 Å². The maximum atomic E-state index is 12.3. The molecule has 0 aliphatic rings. The van der Waals surface area contributed by atoms with Crippen LogP contribution in [0.1, 0.15) is 29.1 Å². The number of aryl methyl sites for hydroxylation is 1. The lowest BCUT2D eigenvalue weighted by Crippen LogP contribution is -2.08. The van der Waals surface area contributed by atoms with Crippen LogP contribution in [-0.4, -0.2) is 10.8 Å². The number of nitriles is 1. The Bertz CT molecular complexity index is 743. The van der Waals surface area contributed by atoms with Crippen LogP contribution in [0.5, 0.6) is 0 Å². The summed E-state index contributed by atoms with van der Waals surface area (Å²) in [7, 11) is 0. The highest BCUT2D eigenvalue weighted by Crippen LogP contribution is 2.26. The number of rotatable bonds is 4. The van der Waals surface area contributed by atoms with Gasteiger partial charge in [0.2, 0.25) is 0 Å². The smallest absolute Gasteiger partial charge is 0.180 e. The minimum atomic E-state index is -0.860. The molecule has 0 radical (unpaired) electrons. The highest BCUT2D eigenvalue weighted by atomic mass is 35.5. The molecule has 0 aliphatic heterocycles. The van der Waals surface area contributed by atoms with Crippen LogP contribution in [0.25, 0.3) is 5.57 Å². The second kappa shape index (κ2) is 6.66. The van der Waals surface area contributed by atoms with Crippen molar-refractivity contribution in [3.05, 3.63) is 57.0 Å². The first-order chi connectivity index (χ1) is 10.0. The summed E-state index contributed by atoms with van der Waals surface area (Å²) in [5.74, 6) is -1.13. The highest BCUT2D eigenvalue weighted by Gasteiger charge is 2.21. The number of halogens is 1. The number of thiazole rings is 1. The van der Waals surface area contributed by atoms with E-state index in [0.717, 1.165) is 16.8 Å². The Morgan fingerprint density at radius 1 is 1.48 bits per heavy atom. The van der Waals surface area contributed by atoms with Gasteiger partial charge < -0.3 is 0 Å². The van der Waals surface area contributed by atoms with Crippen molar-refractivity contribution in [2.24, 2.45) is 0 Å². The molecule has 0 bridgehead atoms. The number of hydrogen-bond donors (Lipinski definition) is 0. The van der Waals surface area contributed by atoms with Gasteiger partial charge in [-0.1, -0.05) is 29.8 Å². The zero-order valence-electron chi connectivity index (χ0n) is 11.6. The molecule has 0 spiro atoms. The Hall–Kier alpha value is -1.96. The van der Waals surface area contributed by atoms with Crippen LogP contribution in [0, 0.1) is 18.3 Å². The summed E-state index contributed by atoms with van der Waals surface area (Å²) in [6, 6.07) is 9.32. The number of allylic oxidation sites excluding steroid dienone is 2. The molecular weight excluding hydrogens is 304 g/mol. The Morgan fingerprint density at radius 2 is 2.19 bits per heavy atom. The van der Waals surface area contributed by atoms with Gasteiger partial charge in [-0.3, -0.25) is 4.79 Å². The summed E-state index contributed by atoms with van der Waals surface area (Å²) in [4.78, 5) is 16.5. The van der Waals surface area contributed by atoms with Crippen LogP contribution in [0.4, 0.5) is 0 Å². The van der Waals surface area contributed by atoms with Gasteiger partial charge in [-0.2, -0.15) is 5.26 Å². The van der Waals surface area contributed by atoms with Crippen LogP contribution in [-0.2, 0) is 4.79 Å². The van der Waals surface area contributed by atoms with Gasteiger partial charge in [-0.15, -0.1) is 11.3 Å². The number of ketones is 1. The summed E-state index contributed by atoms with van der Waals surface area (Å²) >= 11 is 7.44. The summed E-state index contributed by atoms with van der Waals surface area (Å²) in [5.41, 5.74) is 2.34. The Labute approximate surface area is 132 Å². The van der Waals surface area contributed by atoms with E-state index in [1.807, 2.05) is 36.6 Å². The Morgan fingerprint density at radius 3 is 2.76 bits per heavy atom. The third-order valence-corrected chi connectivity index (χ3v) is 4.31. The highest BCUT2D eigenvalue weighted by molar-refractivity contribution is 7.10. The largest absolute Gasteiger partial charge is 0.293 e. The second-order valence-corrected chi connectivity index (χ2v) is 5.90. The molecule has 0 N–H and O–H groups in total. The second-order valence-electron chi connectivity index (χ2n) is 4.60. The van der Waals surface area contributed by atoms with Gasteiger partial charge in [-0.05, 0) is 37.1 Å². The van der Waals surface area contributed by atoms with Crippen molar-refractivity contribution >= 4 is 34.3 Å². The van der Waals surface area contributed by atoms with Gasteiger partial charge >= 0.3 is 0 Å². The molecule has 3 nitrogen and oxygen atoms in total. The predicted octanol–water partition coefficient (Wildman–Crippen LogP) is 4.38. The zero-order valence-corrected chi connectivity index (χ0v) is 13.2. The van der Waals surface area contributed by atoms with E-state index in [4.69, 9.17) is 11.6 Å². The maximum absolute atomic E-state index is 12.3. The van der Waals surface area contributed by atoms with Gasteiger partial charge in [0.25, 0.3) is 0 Å². The lowest BCUT2D eigenvalue weighted by molar-refractivity contribution is -0.114. The fourth-order valence-corrected chi connectivity index (χ4v) is 3.03. The third-order valence-electron chi connectivity index (χ3n) is 2.95. The van der Waals surface area contributed by atoms with E-state index in [2.05, 4.69) is 4.98 Å². The SMILES string of the molecule is C/C(=C\C(=O)[C@H](C#N)c1nc(C)cs1)c1ccccc1Cl. The van der Waals surface area contributed by atoms with Crippen molar-refractivity contribution in [3.8, 4) is 6.07 Å². The van der Waals surface area contributed by atoms with Gasteiger partial charge in [-0.25, -0.2) is 4.98 Å². The van der Waals surface area contributed by atoms with E-state index in [-0.39, 0.29) is 5.78 Å². The summed E-state index contributed by atoms with van der Waals surface area (Å²) in [6.45, 7) is 3.64. The van der Waals surface area contributed by atoms with Crippen molar-refractivity contribution in [2.75, 3.05) is 0 Å². The zero-order chi connectivity index (χ0) is 15.4. The number of nitrogens with zero attached hydrogens (tertiary/aromatic N) is 2. The standard InChI is InChI=1S/C16H13ClN2OS/c1-10(12-5-3-4-6-14(12)17)7-15(20)13(8-18)16-19-11(2)9-21-16/h3-7,9,13H,1-2H3/b10-7+/t13-/m0/s1. The van der Waals surface area contributed by atoms with Gasteiger partial charge in [0, 0.05) is 16.1 Å². The van der Waals surface area contributed by atoms with Crippen LogP contribution >= 0.6 is 22.9 Å². The molecule has 1 aromatic carbocycles. The molecule has 2 rings (SSSR count). The third kappa shape index (κ3) is 3.57. The maximum Gasteiger partial charge on any atom is 0.180 e. The van der Waals surface area contributed by atoms with E-state index in [1.165, 1.54) is 17.4 Å². The number of carbonyl (C=O) groups excluding carboxylic acids is 1. The first kappa shape index (κ1) is 15.4. The van der Waals surface area contributed by atoms with Crippen LogP contribution in [0.15, 0.2) is 35.7 Å². The number of aromatic nitrogens is 1. The lowest BCUT2D eigenvalue weighted by Gasteiger charge is -2.06. The van der Waals surface area contributed by atoms with Gasteiger partial charge in [0.05, 0.1) is 6.07 Å². The van der Waals surface area contributed by atoms with Crippen molar-refractivity contribution < 1.29 is 4.79 Å². The first-order valence-electron chi connectivity index (χ1n) is 6.31. The molecule has 0 amide bonds. The molecule has 0 fully saturated rings. The molecule has 0 unspecified atom stereocenters. The first-order valence-corrected chi connectivity index (χ1v) is 7.57. The van der Waals surface area contributed by atoms with Crippen molar-refractivity contribution in [1.82, 2.24) is 4.98 Å². The van der Waals surface area contributed by atoms with Gasteiger partial charge in [0.15, 0.2) is 11.7 Å². The van der Waals surface area contributed by atoms with E-state index < -0.39 is 5.92 Å². The molecule has 21 heavy (non-hydrogen) atoms. The normalized spacial score (nSPS) is 12.8. The molecular formula is C16H13ClN2OS. The summed E-state index contributed by atoms with van der Waals surface area (Å²) in [6.07, 6.45) is 1.46. The van der Waals surface area contributed by atoms with E-state index >= 15 is 0 Å². The number of hydrogen-bond acceptors (Lipinski definition) is 4. The van der Waals surface area contributed by atoms with Crippen molar-refractivity contribution in [2.45, 2.75) is 19.8 Å². The molecule has 1 heterocycles. The topological polar surface area (TPSA) is 53.8 Å². The summed E-state index contributed by atoms with van der Waals surface area (Å²) in [5, 5.41) is 12.2. The monoisotopic (exact) mass is 316 g/mol.